The lowest BCUT2D eigenvalue weighted by molar-refractivity contribution is -0.156. The number of ether oxygens (including phenoxy) is 3. The number of aromatic nitrogens is 8. The van der Waals surface area contributed by atoms with E-state index < -0.39 is 5.60 Å². The van der Waals surface area contributed by atoms with Crippen molar-refractivity contribution < 1.29 is 28.1 Å². The van der Waals surface area contributed by atoms with Crippen LogP contribution in [0.1, 0.15) is 71.5 Å². The topological polar surface area (TPSA) is 174 Å². The highest BCUT2D eigenvalue weighted by Gasteiger charge is 2.28. The Bertz CT molecular complexity index is 2480. The Morgan fingerprint density at radius 1 is 0.767 bits per heavy atom. The van der Waals surface area contributed by atoms with Crippen molar-refractivity contribution in [3.63, 3.8) is 0 Å². The van der Waals surface area contributed by atoms with E-state index in [1.54, 1.807) is 18.2 Å². The van der Waals surface area contributed by atoms with Crippen LogP contribution in [0.15, 0.2) is 45.4 Å². The van der Waals surface area contributed by atoms with Crippen LogP contribution in [0.25, 0.3) is 45.9 Å². The van der Waals surface area contributed by atoms with Crippen molar-refractivity contribution in [3.05, 3.63) is 69.5 Å². The monoisotopic (exact) mass is 860 g/mol. The number of nitrogens with one attached hydrogen (secondary N) is 1. The zero-order valence-electron chi connectivity index (χ0n) is 35.3. The SMILES string of the molecule is Cc1c(-c2nc(-c3ccc(OC(C)C)c(Cl)c3)no2)nc2n1CCN(CC(=O)OC(C)(C)C)C2.Cc1c(-c2nc(-c3ccc(OC(C)C)c(Cl)c3)no2)nc2n1CCNC2. The molecule has 2 aromatic carbocycles. The van der Waals surface area contributed by atoms with Crippen molar-refractivity contribution in [2.45, 2.75) is 106 Å². The number of fused-ring (bicyclic) bond motifs is 2. The number of hydrogen-bond donors (Lipinski definition) is 1. The molecule has 0 atom stereocenters. The molecule has 6 aromatic rings. The first kappa shape index (κ1) is 42.8. The molecule has 318 valence electrons. The number of carbonyl (C=O) groups is 1. The summed E-state index contributed by atoms with van der Waals surface area (Å²) in [5, 5.41) is 12.5. The largest absolute Gasteiger partial charge is 0.489 e. The molecule has 1 N–H and O–H groups in total. The van der Waals surface area contributed by atoms with Crippen molar-refractivity contribution in [1.29, 1.82) is 0 Å². The molecule has 0 saturated carbocycles. The van der Waals surface area contributed by atoms with Gasteiger partial charge in [0.05, 0.1) is 41.9 Å². The summed E-state index contributed by atoms with van der Waals surface area (Å²) in [6.07, 6.45) is 0.0784. The fraction of sp³-hybridized carbons (Fsp3) is 0.452. The van der Waals surface area contributed by atoms with Crippen molar-refractivity contribution in [1.82, 2.24) is 49.6 Å². The van der Waals surface area contributed by atoms with E-state index >= 15 is 0 Å². The molecule has 16 nitrogen and oxygen atoms in total. The molecule has 0 spiro atoms. The zero-order chi connectivity index (χ0) is 42.9. The third kappa shape index (κ3) is 9.84. The van der Waals surface area contributed by atoms with Gasteiger partial charge >= 0.3 is 5.97 Å². The van der Waals surface area contributed by atoms with Crippen LogP contribution in [0.2, 0.25) is 10.0 Å². The summed E-state index contributed by atoms with van der Waals surface area (Å²) in [6, 6.07) is 10.9. The van der Waals surface area contributed by atoms with E-state index in [0.29, 0.717) is 63.8 Å². The summed E-state index contributed by atoms with van der Waals surface area (Å²) in [6.45, 7) is 22.2. The molecular weight excluding hydrogens is 811 g/mol. The summed E-state index contributed by atoms with van der Waals surface area (Å²) in [5.74, 6) is 4.49. The fourth-order valence-electron chi connectivity index (χ4n) is 6.89. The Kier molecular flexibility index (Phi) is 12.7. The molecule has 2 aliphatic rings. The average molecular weight is 862 g/mol. The lowest BCUT2D eigenvalue weighted by atomic mass is 10.2. The Morgan fingerprint density at radius 3 is 1.77 bits per heavy atom. The minimum Gasteiger partial charge on any atom is -0.489 e. The van der Waals surface area contributed by atoms with E-state index in [-0.39, 0.29) is 24.7 Å². The van der Waals surface area contributed by atoms with Crippen LogP contribution < -0.4 is 14.8 Å². The van der Waals surface area contributed by atoms with Crippen LogP contribution >= 0.6 is 23.2 Å². The summed E-state index contributed by atoms with van der Waals surface area (Å²) in [7, 11) is 0. The zero-order valence-corrected chi connectivity index (χ0v) is 36.8. The fourth-order valence-corrected chi connectivity index (χ4v) is 7.34. The van der Waals surface area contributed by atoms with E-state index in [9.17, 15) is 4.79 Å². The minimum atomic E-state index is -0.503. The molecule has 0 unspecified atom stereocenters. The summed E-state index contributed by atoms with van der Waals surface area (Å²) in [5.41, 5.74) is 4.34. The average Bonchev–Trinajstić information content (AvgIpc) is 3.99. The molecule has 0 bridgehead atoms. The minimum absolute atomic E-state index is 0.0233. The second-order valence-electron chi connectivity index (χ2n) is 16.2. The first-order chi connectivity index (χ1) is 28.5. The van der Waals surface area contributed by atoms with Gasteiger partial charge in [-0.2, -0.15) is 9.97 Å². The molecule has 6 heterocycles. The molecule has 0 saturated heterocycles. The van der Waals surface area contributed by atoms with Crippen molar-refractivity contribution >= 4 is 29.2 Å². The maximum Gasteiger partial charge on any atom is 0.320 e. The van der Waals surface area contributed by atoms with E-state index in [0.717, 1.165) is 66.0 Å². The highest BCUT2D eigenvalue weighted by Crippen LogP contribution is 2.34. The summed E-state index contributed by atoms with van der Waals surface area (Å²) < 4.78 is 32.1. The lowest BCUT2D eigenvalue weighted by Gasteiger charge is -2.28. The van der Waals surface area contributed by atoms with Crippen LogP contribution in [-0.2, 0) is 35.7 Å². The number of carbonyl (C=O) groups excluding carboxylic acids is 1. The Hall–Kier alpha value is -5.29. The Labute approximate surface area is 358 Å². The van der Waals surface area contributed by atoms with Crippen LogP contribution in [0.4, 0.5) is 0 Å². The van der Waals surface area contributed by atoms with Crippen molar-refractivity contribution in [3.8, 4) is 57.4 Å². The molecule has 0 fully saturated rings. The summed E-state index contributed by atoms with van der Waals surface area (Å²) in [4.78, 5) is 32.7. The number of halogens is 2. The molecule has 8 rings (SSSR count). The highest BCUT2D eigenvalue weighted by molar-refractivity contribution is 6.32. The second-order valence-corrected chi connectivity index (χ2v) is 17.0. The van der Waals surface area contributed by atoms with Crippen LogP contribution in [0, 0.1) is 13.8 Å². The molecule has 0 aliphatic carbocycles. The predicted octanol–water partition coefficient (Wildman–Crippen LogP) is 7.96. The summed E-state index contributed by atoms with van der Waals surface area (Å²) >= 11 is 12.7. The van der Waals surface area contributed by atoms with Gasteiger partial charge in [0.1, 0.15) is 40.1 Å². The van der Waals surface area contributed by atoms with E-state index in [2.05, 4.69) is 39.7 Å². The number of hydrogen-bond acceptors (Lipinski definition) is 14. The van der Waals surface area contributed by atoms with Gasteiger partial charge in [0.2, 0.25) is 11.6 Å². The van der Waals surface area contributed by atoms with Crippen LogP contribution in [0.5, 0.6) is 11.5 Å². The van der Waals surface area contributed by atoms with Gasteiger partial charge in [-0.15, -0.1) is 0 Å². The van der Waals surface area contributed by atoms with Gasteiger partial charge < -0.3 is 37.7 Å². The van der Waals surface area contributed by atoms with Crippen LogP contribution in [-0.4, -0.2) is 87.7 Å². The molecule has 4 aromatic heterocycles. The molecule has 0 radical (unpaired) electrons. The van der Waals surface area contributed by atoms with Gasteiger partial charge in [0.25, 0.3) is 11.8 Å². The molecule has 0 amide bonds. The number of benzene rings is 2. The number of nitrogens with zero attached hydrogens (tertiary/aromatic N) is 9. The van der Waals surface area contributed by atoms with Crippen molar-refractivity contribution in [2.75, 3.05) is 19.6 Å². The van der Waals surface area contributed by atoms with Gasteiger partial charge in [0.15, 0.2) is 0 Å². The van der Waals surface area contributed by atoms with Gasteiger partial charge in [-0.3, -0.25) is 9.69 Å². The number of imidazole rings is 2. The van der Waals surface area contributed by atoms with E-state index in [1.165, 1.54) is 0 Å². The normalized spacial score (nSPS) is 14.2. The standard InChI is InChI=1S/C24H30ClN5O4.C18H20ClN5O2/c1-14(2)32-18-8-7-16(11-17(18)25)22-27-23(34-28-22)21-15(3)30-10-9-29(12-19(30)26-21)13-20(31)33-24(4,5)6;1-10(2)25-14-5-4-12(8-13(14)19)17-22-18(26-23-17)16-11(3)24-7-6-20-9-15(24)21-16/h7-8,11,14H,9-10,12-13H2,1-6H3;4-5,8,10,20H,6-7,9H2,1-3H3. The van der Waals surface area contributed by atoms with Gasteiger partial charge in [-0.05, 0) is 98.7 Å². The van der Waals surface area contributed by atoms with Gasteiger partial charge in [0, 0.05) is 48.7 Å². The van der Waals surface area contributed by atoms with Crippen LogP contribution in [0.3, 0.4) is 0 Å². The van der Waals surface area contributed by atoms with E-state index in [1.807, 2.05) is 85.4 Å². The maximum absolute atomic E-state index is 12.2. The highest BCUT2D eigenvalue weighted by atomic mass is 35.5. The molecule has 60 heavy (non-hydrogen) atoms. The predicted molar refractivity (Wildman–Crippen MR) is 226 cm³/mol. The van der Waals surface area contributed by atoms with Crippen molar-refractivity contribution in [2.24, 2.45) is 0 Å². The lowest BCUT2D eigenvalue weighted by Crippen LogP contribution is -2.39. The third-order valence-corrected chi connectivity index (χ3v) is 10.1. The number of esters is 1. The Balaban J connectivity index is 0.000000188. The third-order valence-electron chi connectivity index (χ3n) is 9.54. The first-order valence-electron chi connectivity index (χ1n) is 19.9. The Morgan fingerprint density at radius 2 is 1.28 bits per heavy atom. The molecular formula is C42H50Cl2N10O6. The first-order valence-corrected chi connectivity index (χ1v) is 20.7. The second kappa shape index (κ2) is 17.7. The quantitative estimate of drug-likeness (QED) is 0.131. The molecule has 18 heteroatoms. The van der Waals surface area contributed by atoms with Gasteiger partial charge in [-0.1, -0.05) is 33.5 Å². The smallest absolute Gasteiger partial charge is 0.320 e. The maximum atomic E-state index is 12.2. The number of rotatable bonds is 10. The molecule has 2 aliphatic heterocycles. The van der Waals surface area contributed by atoms with E-state index in [4.69, 9.17) is 51.4 Å². The van der Waals surface area contributed by atoms with Gasteiger partial charge in [-0.25, -0.2) is 9.97 Å².